The van der Waals surface area contributed by atoms with Crippen LogP contribution in [0.2, 0.25) is 0 Å². The molecule has 0 spiro atoms. The molecule has 0 aromatic heterocycles. The Hall–Kier alpha value is 0.440. The van der Waals surface area contributed by atoms with Crippen molar-refractivity contribution in [1.29, 1.82) is 0 Å². The summed E-state index contributed by atoms with van der Waals surface area (Å²) < 4.78 is 59.1. The van der Waals surface area contributed by atoms with Gasteiger partial charge in [-0.25, -0.2) is 0 Å². The summed E-state index contributed by atoms with van der Waals surface area (Å²) in [5, 5.41) is 0. The lowest BCUT2D eigenvalue weighted by Gasteiger charge is -2.12. The first-order valence-corrected chi connectivity index (χ1v) is 11.4. The molecule has 122 valence electrons. The molecule has 0 bridgehead atoms. The molecule has 0 radical (unpaired) electrons. The van der Waals surface area contributed by atoms with Crippen LogP contribution in [-0.2, 0) is 20.2 Å². The zero-order valence-corrected chi connectivity index (χ0v) is 14.0. The molecule has 0 aliphatic carbocycles. The molecule has 0 aromatic rings. The topological polar surface area (TPSA) is 161 Å². The molecule has 2 atom stereocenters. The molecule has 0 aliphatic rings. The smallest absolute Gasteiger partial charge is 0.264 e. The highest BCUT2D eigenvalue weighted by atomic mass is 33.1. The molecule has 0 aromatic carbocycles. The van der Waals surface area contributed by atoms with E-state index in [0.717, 1.165) is 0 Å². The van der Waals surface area contributed by atoms with Gasteiger partial charge in [0, 0.05) is 23.6 Å². The lowest BCUT2D eigenvalue weighted by Crippen LogP contribution is -2.27. The number of hydrogen-bond donors (Lipinski definition) is 4. The second-order valence-electron chi connectivity index (χ2n) is 4.24. The highest BCUT2D eigenvalue weighted by Gasteiger charge is 2.12. The Bertz CT molecular complexity index is 421. The van der Waals surface area contributed by atoms with Gasteiger partial charge in [-0.1, -0.05) is 21.6 Å². The monoisotopic (exact) mass is 368 g/mol. The second kappa shape index (κ2) is 9.46. The van der Waals surface area contributed by atoms with E-state index in [1.54, 1.807) is 0 Å². The Balaban J connectivity index is 3.65. The zero-order chi connectivity index (χ0) is 15.8. The van der Waals surface area contributed by atoms with E-state index in [9.17, 15) is 16.8 Å². The Labute approximate surface area is 127 Å². The Morgan fingerprint density at radius 1 is 0.800 bits per heavy atom. The lowest BCUT2D eigenvalue weighted by molar-refractivity contribution is 0.476. The standard InChI is InChI=1S/C8H20N2O6S4/c9-7(1-3-19(11,12)13)5-17-18-6-8(10)2-4-20(14,15)16/h7-8H,1-6,9-10H2,(H,11,12,13)(H,14,15,16)/t7-,8-/m1/s1. The van der Waals surface area contributed by atoms with Crippen molar-refractivity contribution in [2.75, 3.05) is 23.0 Å². The molecule has 12 heteroatoms. The van der Waals surface area contributed by atoms with Crippen LogP contribution in [0.4, 0.5) is 0 Å². The molecule has 0 unspecified atom stereocenters. The summed E-state index contributed by atoms with van der Waals surface area (Å²) in [4.78, 5) is 0. The minimum Gasteiger partial charge on any atom is -0.327 e. The van der Waals surface area contributed by atoms with Crippen LogP contribution >= 0.6 is 21.6 Å². The van der Waals surface area contributed by atoms with E-state index < -0.39 is 20.2 Å². The Morgan fingerprint density at radius 3 is 1.35 bits per heavy atom. The first-order valence-electron chi connectivity index (χ1n) is 5.65. The predicted octanol–water partition coefficient (Wildman–Crippen LogP) is -0.422. The fourth-order valence-corrected chi connectivity index (χ4v) is 4.74. The van der Waals surface area contributed by atoms with E-state index in [2.05, 4.69) is 0 Å². The SMILES string of the molecule is N[C@H](CCS(=O)(=O)O)CSSC[C@H](N)CCS(=O)(=O)O. The summed E-state index contributed by atoms with van der Waals surface area (Å²) in [6.45, 7) is 0. The van der Waals surface area contributed by atoms with Crippen LogP contribution in [-0.4, -0.2) is 61.0 Å². The van der Waals surface area contributed by atoms with Crippen molar-refractivity contribution >= 4 is 41.8 Å². The van der Waals surface area contributed by atoms with Gasteiger partial charge in [-0.05, 0) is 12.8 Å². The van der Waals surface area contributed by atoms with E-state index in [4.69, 9.17) is 20.6 Å². The molecule has 0 heterocycles. The van der Waals surface area contributed by atoms with Gasteiger partial charge in [0.2, 0.25) is 0 Å². The van der Waals surface area contributed by atoms with Crippen molar-refractivity contribution < 1.29 is 25.9 Å². The third kappa shape index (κ3) is 14.8. The molecule has 0 aliphatic heterocycles. The molecular weight excluding hydrogens is 348 g/mol. The molecule has 6 N–H and O–H groups in total. The van der Waals surface area contributed by atoms with Crippen LogP contribution in [0.15, 0.2) is 0 Å². The molecule has 0 fully saturated rings. The highest BCUT2D eigenvalue weighted by Crippen LogP contribution is 2.23. The van der Waals surface area contributed by atoms with E-state index in [1.165, 1.54) is 21.6 Å². The molecule has 0 amide bonds. The van der Waals surface area contributed by atoms with Crippen molar-refractivity contribution in [3.8, 4) is 0 Å². The van der Waals surface area contributed by atoms with Crippen LogP contribution in [0.5, 0.6) is 0 Å². The summed E-state index contributed by atoms with van der Waals surface area (Å²) in [5.74, 6) is 0.247. The highest BCUT2D eigenvalue weighted by molar-refractivity contribution is 8.76. The van der Waals surface area contributed by atoms with E-state index >= 15 is 0 Å². The van der Waals surface area contributed by atoms with Gasteiger partial charge in [-0.3, -0.25) is 9.11 Å². The summed E-state index contributed by atoms with van der Waals surface area (Å²) in [7, 11) is -5.17. The fraction of sp³-hybridized carbons (Fsp3) is 1.00. The van der Waals surface area contributed by atoms with Gasteiger partial charge < -0.3 is 11.5 Å². The molecule has 8 nitrogen and oxygen atoms in total. The third-order valence-corrected chi connectivity index (χ3v) is 6.26. The average molecular weight is 369 g/mol. The average Bonchev–Trinajstić information content (AvgIpc) is 2.27. The van der Waals surface area contributed by atoms with Crippen molar-refractivity contribution in [3.05, 3.63) is 0 Å². The zero-order valence-electron chi connectivity index (χ0n) is 10.7. The Morgan fingerprint density at radius 2 is 1.10 bits per heavy atom. The Kier molecular flexibility index (Phi) is 9.66. The fourth-order valence-electron chi connectivity index (χ4n) is 1.04. The third-order valence-electron chi connectivity index (χ3n) is 2.14. The predicted molar refractivity (Wildman–Crippen MR) is 82.9 cm³/mol. The first kappa shape index (κ1) is 20.4. The summed E-state index contributed by atoms with van der Waals surface area (Å²) in [6.07, 6.45) is 0.336. The van der Waals surface area contributed by atoms with Crippen molar-refractivity contribution in [2.45, 2.75) is 24.9 Å². The molecular formula is C8H20N2O6S4. The normalized spacial score (nSPS) is 16.0. The van der Waals surface area contributed by atoms with Gasteiger partial charge in [0.1, 0.15) is 0 Å². The summed E-state index contributed by atoms with van der Waals surface area (Å²) in [6, 6.07) is -0.716. The van der Waals surface area contributed by atoms with Crippen LogP contribution in [0.1, 0.15) is 12.8 Å². The lowest BCUT2D eigenvalue weighted by atomic mass is 10.3. The van der Waals surface area contributed by atoms with Crippen molar-refractivity contribution in [1.82, 2.24) is 0 Å². The van der Waals surface area contributed by atoms with Crippen molar-refractivity contribution in [2.24, 2.45) is 11.5 Å². The molecule has 0 rings (SSSR count). The minimum absolute atomic E-state index is 0.168. The van der Waals surface area contributed by atoms with E-state index in [-0.39, 0.29) is 36.4 Å². The van der Waals surface area contributed by atoms with Gasteiger partial charge in [0.15, 0.2) is 0 Å². The second-order valence-corrected chi connectivity index (χ2v) is 9.94. The number of hydrogen-bond acceptors (Lipinski definition) is 8. The van der Waals surface area contributed by atoms with Crippen molar-refractivity contribution in [3.63, 3.8) is 0 Å². The van der Waals surface area contributed by atoms with Crippen LogP contribution in [0.3, 0.4) is 0 Å². The maximum absolute atomic E-state index is 10.5. The molecule has 0 saturated carbocycles. The van der Waals surface area contributed by atoms with Crippen LogP contribution < -0.4 is 11.5 Å². The maximum atomic E-state index is 10.5. The van der Waals surface area contributed by atoms with Crippen LogP contribution in [0, 0.1) is 0 Å². The van der Waals surface area contributed by atoms with E-state index in [1.807, 2.05) is 0 Å². The number of nitrogens with two attached hydrogens (primary N) is 2. The van der Waals surface area contributed by atoms with Gasteiger partial charge in [0.25, 0.3) is 20.2 Å². The molecule has 20 heavy (non-hydrogen) atoms. The summed E-state index contributed by atoms with van der Waals surface area (Å²) in [5.41, 5.74) is 11.3. The number of rotatable bonds is 11. The van der Waals surface area contributed by atoms with Gasteiger partial charge in [-0.15, -0.1) is 0 Å². The van der Waals surface area contributed by atoms with Crippen LogP contribution in [0.25, 0.3) is 0 Å². The molecule has 0 saturated heterocycles. The van der Waals surface area contributed by atoms with Gasteiger partial charge in [0.05, 0.1) is 11.5 Å². The minimum atomic E-state index is -3.98. The van der Waals surface area contributed by atoms with Gasteiger partial charge in [-0.2, -0.15) is 16.8 Å². The largest absolute Gasteiger partial charge is 0.327 e. The summed E-state index contributed by atoms with van der Waals surface area (Å²) >= 11 is 0. The quantitative estimate of drug-likeness (QED) is 0.214. The maximum Gasteiger partial charge on any atom is 0.264 e. The van der Waals surface area contributed by atoms with Gasteiger partial charge >= 0.3 is 0 Å². The van der Waals surface area contributed by atoms with E-state index in [0.29, 0.717) is 11.5 Å². The first-order chi connectivity index (χ1) is 8.99.